The molecule has 2 heterocycles. The quantitative estimate of drug-likeness (QED) is 0.800. The lowest BCUT2D eigenvalue weighted by atomic mass is 10.0. The number of nitrogens with zero attached hydrogens (tertiary/aromatic N) is 2. The van der Waals surface area contributed by atoms with Crippen molar-refractivity contribution < 1.29 is 9.18 Å². The Kier molecular flexibility index (Phi) is 3.71. The zero-order valence-electron chi connectivity index (χ0n) is 11.1. The maximum Gasteiger partial charge on any atom is 0.153 e. The van der Waals surface area contributed by atoms with Crippen LogP contribution >= 0.6 is 11.6 Å². The van der Waals surface area contributed by atoms with Gasteiger partial charge in [-0.3, -0.25) is 9.79 Å². The zero-order chi connectivity index (χ0) is 14.8. The summed E-state index contributed by atoms with van der Waals surface area (Å²) in [4.78, 5) is 17.3. The number of aliphatic imine (C=N–C) groups is 1. The number of benzene rings is 1. The molecule has 0 unspecified atom stereocenters. The fourth-order valence-corrected chi connectivity index (χ4v) is 2.57. The Morgan fingerprint density at radius 2 is 2.10 bits per heavy atom. The van der Waals surface area contributed by atoms with E-state index in [1.54, 1.807) is 30.6 Å². The summed E-state index contributed by atoms with van der Waals surface area (Å²) in [7, 11) is 0. The van der Waals surface area contributed by atoms with Gasteiger partial charge in [-0.05, 0) is 23.8 Å². The Hall–Kier alpha value is -2.20. The first kappa shape index (κ1) is 13.8. The summed E-state index contributed by atoms with van der Waals surface area (Å²) < 4.78 is 13.0. The van der Waals surface area contributed by atoms with E-state index < -0.39 is 0 Å². The molecule has 2 bridgehead atoms. The number of rotatable bonds is 3. The topological polar surface area (TPSA) is 32.7 Å². The van der Waals surface area contributed by atoms with Gasteiger partial charge in [0.25, 0.3) is 0 Å². The minimum absolute atomic E-state index is 0.273. The van der Waals surface area contributed by atoms with Crippen molar-refractivity contribution in [2.45, 2.75) is 13.0 Å². The van der Waals surface area contributed by atoms with Gasteiger partial charge >= 0.3 is 0 Å². The summed E-state index contributed by atoms with van der Waals surface area (Å²) in [6.07, 6.45) is 6.36. The van der Waals surface area contributed by atoms with Crippen LogP contribution in [0.4, 0.5) is 4.39 Å². The molecule has 1 aromatic carbocycles. The Morgan fingerprint density at radius 3 is 2.81 bits per heavy atom. The number of halogens is 2. The number of aldehydes is 1. The zero-order valence-corrected chi connectivity index (χ0v) is 11.8. The highest BCUT2D eigenvalue weighted by atomic mass is 35.5. The second kappa shape index (κ2) is 5.66. The number of carbonyl (C=O) groups excluding carboxylic acids is 1. The lowest BCUT2D eigenvalue weighted by Gasteiger charge is -2.29. The van der Waals surface area contributed by atoms with Gasteiger partial charge in [-0.1, -0.05) is 23.7 Å². The highest BCUT2D eigenvalue weighted by molar-refractivity contribution is 6.32. The SMILES string of the molecule is O=CC1=CN(Cc2ccc(F)cc2)C2=C(Cl)C=CN=C1C2. The number of fused-ring (bicyclic) bond motifs is 2. The van der Waals surface area contributed by atoms with Gasteiger partial charge in [-0.25, -0.2) is 4.39 Å². The predicted octanol–water partition coefficient (Wildman–Crippen LogP) is 3.53. The van der Waals surface area contributed by atoms with E-state index in [-0.39, 0.29) is 5.82 Å². The van der Waals surface area contributed by atoms with Crippen molar-refractivity contribution in [3.05, 3.63) is 70.4 Å². The average molecular weight is 303 g/mol. The maximum atomic E-state index is 13.0. The van der Waals surface area contributed by atoms with Gasteiger partial charge in [0.05, 0.1) is 16.3 Å². The van der Waals surface area contributed by atoms with Crippen LogP contribution < -0.4 is 0 Å². The van der Waals surface area contributed by atoms with Crippen LogP contribution in [0.5, 0.6) is 0 Å². The first-order chi connectivity index (χ1) is 10.2. The van der Waals surface area contributed by atoms with E-state index in [2.05, 4.69) is 4.99 Å². The van der Waals surface area contributed by atoms with Crippen LogP contribution in [-0.2, 0) is 11.3 Å². The molecule has 1 aromatic rings. The van der Waals surface area contributed by atoms with Crippen LogP contribution in [0.2, 0.25) is 0 Å². The van der Waals surface area contributed by atoms with E-state index in [4.69, 9.17) is 11.6 Å². The molecular weight excluding hydrogens is 291 g/mol. The highest BCUT2D eigenvalue weighted by Gasteiger charge is 2.24. The molecule has 0 radical (unpaired) electrons. The third-order valence-corrected chi connectivity index (χ3v) is 3.77. The largest absolute Gasteiger partial charge is 0.345 e. The molecule has 2 aliphatic heterocycles. The average Bonchev–Trinajstić information content (AvgIpc) is 2.65. The third-order valence-electron chi connectivity index (χ3n) is 3.43. The van der Waals surface area contributed by atoms with E-state index in [1.165, 1.54) is 12.1 Å². The van der Waals surface area contributed by atoms with Crippen LogP contribution in [0.25, 0.3) is 0 Å². The van der Waals surface area contributed by atoms with Crippen molar-refractivity contribution in [3.8, 4) is 0 Å². The van der Waals surface area contributed by atoms with Crippen LogP contribution in [0.15, 0.2) is 64.0 Å². The highest BCUT2D eigenvalue weighted by Crippen LogP contribution is 2.30. The smallest absolute Gasteiger partial charge is 0.153 e. The number of hydrogen-bond acceptors (Lipinski definition) is 3. The molecule has 5 heteroatoms. The van der Waals surface area contributed by atoms with Gasteiger partial charge in [0.2, 0.25) is 0 Å². The number of hydrogen-bond donors (Lipinski definition) is 0. The van der Waals surface area contributed by atoms with E-state index in [0.717, 1.165) is 17.5 Å². The molecule has 21 heavy (non-hydrogen) atoms. The molecule has 0 aromatic heterocycles. The van der Waals surface area contributed by atoms with Gasteiger partial charge in [0.1, 0.15) is 5.82 Å². The molecule has 2 aliphatic rings. The Bertz CT molecular complexity index is 701. The molecule has 0 amide bonds. The van der Waals surface area contributed by atoms with Crippen LogP contribution in [0.3, 0.4) is 0 Å². The molecular formula is C16H12ClFN2O. The summed E-state index contributed by atoms with van der Waals surface area (Å²) in [6.45, 7) is 0.518. The summed E-state index contributed by atoms with van der Waals surface area (Å²) in [5.41, 5.74) is 3.07. The Morgan fingerprint density at radius 1 is 1.33 bits per heavy atom. The third kappa shape index (κ3) is 2.81. The van der Waals surface area contributed by atoms with Gasteiger partial charge in [0, 0.05) is 31.1 Å². The molecule has 0 atom stereocenters. The lowest BCUT2D eigenvalue weighted by molar-refractivity contribution is -0.104. The fraction of sp³-hybridized carbons (Fsp3) is 0.125. The van der Waals surface area contributed by atoms with Crippen molar-refractivity contribution in [1.29, 1.82) is 0 Å². The first-order valence-corrected chi connectivity index (χ1v) is 6.85. The minimum atomic E-state index is -0.273. The minimum Gasteiger partial charge on any atom is -0.345 e. The molecule has 0 saturated heterocycles. The fourth-order valence-electron chi connectivity index (χ4n) is 2.34. The van der Waals surface area contributed by atoms with Crippen LogP contribution in [-0.4, -0.2) is 16.9 Å². The lowest BCUT2D eigenvalue weighted by Crippen LogP contribution is -2.26. The van der Waals surface area contributed by atoms with Crippen molar-refractivity contribution >= 4 is 23.6 Å². The molecule has 0 aliphatic carbocycles. The van der Waals surface area contributed by atoms with Crippen molar-refractivity contribution in [2.24, 2.45) is 4.99 Å². The molecule has 3 rings (SSSR count). The second-order valence-corrected chi connectivity index (χ2v) is 5.23. The molecule has 0 spiro atoms. The van der Waals surface area contributed by atoms with E-state index in [0.29, 0.717) is 29.3 Å². The van der Waals surface area contributed by atoms with Gasteiger partial charge in [0.15, 0.2) is 6.29 Å². The number of allylic oxidation sites excluding steroid dienone is 4. The van der Waals surface area contributed by atoms with E-state index in [1.807, 2.05) is 4.90 Å². The Labute approximate surface area is 126 Å². The molecule has 106 valence electrons. The Balaban J connectivity index is 1.98. The van der Waals surface area contributed by atoms with Crippen molar-refractivity contribution in [1.82, 2.24) is 4.90 Å². The molecule has 3 nitrogen and oxygen atoms in total. The monoisotopic (exact) mass is 302 g/mol. The first-order valence-electron chi connectivity index (χ1n) is 6.47. The van der Waals surface area contributed by atoms with Gasteiger partial charge in [-0.15, -0.1) is 0 Å². The normalized spacial score (nSPS) is 17.3. The summed E-state index contributed by atoms with van der Waals surface area (Å²) in [6, 6.07) is 6.27. The van der Waals surface area contributed by atoms with Crippen LogP contribution in [0.1, 0.15) is 12.0 Å². The molecule has 0 N–H and O–H groups in total. The molecule has 0 fully saturated rings. The summed E-state index contributed by atoms with van der Waals surface area (Å²) in [5.74, 6) is -0.273. The van der Waals surface area contributed by atoms with Gasteiger partial charge in [-0.2, -0.15) is 0 Å². The van der Waals surface area contributed by atoms with Crippen LogP contribution in [0, 0.1) is 5.82 Å². The molecule has 0 saturated carbocycles. The predicted molar refractivity (Wildman–Crippen MR) is 80.2 cm³/mol. The van der Waals surface area contributed by atoms with Crippen molar-refractivity contribution in [3.63, 3.8) is 0 Å². The van der Waals surface area contributed by atoms with Gasteiger partial charge < -0.3 is 4.90 Å². The van der Waals surface area contributed by atoms with E-state index in [9.17, 15) is 9.18 Å². The standard InChI is InChI=1S/C16H12ClFN2O/c17-14-5-6-19-15-7-16(14)20(9-12(15)10-21)8-11-1-3-13(18)4-2-11/h1-6,9-10H,7-8H2. The maximum absolute atomic E-state index is 13.0. The summed E-state index contributed by atoms with van der Waals surface area (Å²) >= 11 is 6.26. The summed E-state index contributed by atoms with van der Waals surface area (Å²) in [5, 5.41) is 0.595. The van der Waals surface area contributed by atoms with E-state index >= 15 is 0 Å². The number of carbonyl (C=O) groups is 1. The van der Waals surface area contributed by atoms with Crippen molar-refractivity contribution in [2.75, 3.05) is 0 Å². The second-order valence-electron chi connectivity index (χ2n) is 4.82.